The average Bonchev–Trinajstić information content (AvgIpc) is 2.72. The number of rotatable bonds is 4. The van der Waals surface area contributed by atoms with Gasteiger partial charge in [-0.2, -0.15) is 0 Å². The van der Waals surface area contributed by atoms with Crippen LogP contribution >= 0.6 is 11.6 Å². The lowest BCUT2D eigenvalue weighted by molar-refractivity contribution is 0.458. The molecule has 0 radical (unpaired) electrons. The Morgan fingerprint density at radius 3 is 2.71 bits per heavy atom. The quantitative estimate of drug-likeness (QED) is 0.883. The van der Waals surface area contributed by atoms with E-state index in [9.17, 15) is 0 Å². The van der Waals surface area contributed by atoms with Crippen molar-refractivity contribution in [2.75, 3.05) is 0 Å². The fourth-order valence-corrected chi connectivity index (χ4v) is 2.07. The van der Waals surface area contributed by atoms with Crippen LogP contribution in [0.1, 0.15) is 29.9 Å². The number of nitrogens with one attached hydrogen (secondary N) is 1. The smallest absolute Gasteiger partial charge is 0.120 e. The minimum absolute atomic E-state index is 0.202. The normalized spacial score (nSPS) is 12.6. The molecule has 0 aliphatic rings. The standard InChI is InChI=1S/C14H16ClNO/c1-10-7-8-17-14(10)9-16-11(2)12-5-3-4-6-13(12)15/h3-8,11,16H,9H2,1-2H3/t11-/m1/s1. The molecule has 0 spiro atoms. The van der Waals surface area contributed by atoms with Crippen LogP contribution in [0, 0.1) is 6.92 Å². The Balaban J connectivity index is 2.01. The Hall–Kier alpha value is -1.25. The third kappa shape index (κ3) is 2.90. The van der Waals surface area contributed by atoms with Crippen LogP contribution in [0.2, 0.25) is 5.02 Å². The zero-order chi connectivity index (χ0) is 12.3. The van der Waals surface area contributed by atoms with Gasteiger partial charge in [0.25, 0.3) is 0 Å². The maximum Gasteiger partial charge on any atom is 0.120 e. The van der Waals surface area contributed by atoms with Crippen LogP contribution in [0.25, 0.3) is 0 Å². The lowest BCUT2D eigenvalue weighted by Crippen LogP contribution is -2.18. The van der Waals surface area contributed by atoms with E-state index in [4.69, 9.17) is 16.0 Å². The van der Waals surface area contributed by atoms with Gasteiger partial charge in [0.15, 0.2) is 0 Å². The van der Waals surface area contributed by atoms with Gasteiger partial charge < -0.3 is 9.73 Å². The third-order valence-electron chi connectivity index (χ3n) is 2.91. The zero-order valence-corrected chi connectivity index (χ0v) is 10.8. The highest BCUT2D eigenvalue weighted by atomic mass is 35.5. The summed E-state index contributed by atoms with van der Waals surface area (Å²) in [5, 5.41) is 4.20. The maximum absolute atomic E-state index is 6.15. The number of benzene rings is 1. The minimum atomic E-state index is 0.202. The van der Waals surface area contributed by atoms with Crippen LogP contribution in [0.3, 0.4) is 0 Å². The van der Waals surface area contributed by atoms with Crippen molar-refractivity contribution in [3.05, 3.63) is 58.5 Å². The van der Waals surface area contributed by atoms with E-state index in [0.717, 1.165) is 16.3 Å². The number of furan rings is 1. The number of hydrogen-bond donors (Lipinski definition) is 1. The van der Waals surface area contributed by atoms with Crippen LogP contribution in [-0.2, 0) is 6.54 Å². The summed E-state index contributed by atoms with van der Waals surface area (Å²) in [6.07, 6.45) is 1.71. The van der Waals surface area contributed by atoms with Crippen LogP contribution in [0.5, 0.6) is 0 Å². The SMILES string of the molecule is Cc1ccoc1CN[C@H](C)c1ccccc1Cl. The molecule has 2 nitrogen and oxygen atoms in total. The first-order valence-electron chi connectivity index (χ1n) is 5.69. The molecule has 1 aromatic heterocycles. The molecule has 17 heavy (non-hydrogen) atoms. The van der Waals surface area contributed by atoms with E-state index in [2.05, 4.69) is 12.2 Å². The molecule has 0 fully saturated rings. The topological polar surface area (TPSA) is 25.2 Å². The van der Waals surface area contributed by atoms with Gasteiger partial charge in [-0.3, -0.25) is 0 Å². The van der Waals surface area contributed by atoms with Crippen molar-refractivity contribution >= 4 is 11.6 Å². The summed E-state index contributed by atoms with van der Waals surface area (Å²) >= 11 is 6.15. The second kappa shape index (κ2) is 5.39. The maximum atomic E-state index is 6.15. The van der Waals surface area contributed by atoms with Gasteiger partial charge in [0.05, 0.1) is 12.8 Å². The fraction of sp³-hybridized carbons (Fsp3) is 0.286. The molecule has 0 aliphatic heterocycles. The van der Waals surface area contributed by atoms with Crippen LogP contribution in [0.4, 0.5) is 0 Å². The molecule has 1 N–H and O–H groups in total. The van der Waals surface area contributed by atoms with Crippen molar-refractivity contribution < 1.29 is 4.42 Å². The zero-order valence-electron chi connectivity index (χ0n) is 10.0. The molecule has 3 heteroatoms. The molecule has 1 aromatic carbocycles. The van der Waals surface area contributed by atoms with Crippen molar-refractivity contribution in [2.45, 2.75) is 26.4 Å². The predicted molar refractivity (Wildman–Crippen MR) is 70.2 cm³/mol. The molecule has 2 aromatic rings. The summed E-state index contributed by atoms with van der Waals surface area (Å²) < 4.78 is 5.39. The molecule has 1 heterocycles. The predicted octanol–water partition coefficient (Wildman–Crippen LogP) is 4.09. The molecule has 0 saturated carbocycles. The second-order valence-electron chi connectivity index (χ2n) is 4.15. The van der Waals surface area contributed by atoms with E-state index in [-0.39, 0.29) is 6.04 Å². The summed E-state index contributed by atoms with van der Waals surface area (Å²) in [4.78, 5) is 0. The second-order valence-corrected chi connectivity index (χ2v) is 4.56. The highest BCUT2D eigenvalue weighted by Crippen LogP contribution is 2.22. The number of hydrogen-bond acceptors (Lipinski definition) is 2. The van der Waals surface area contributed by atoms with E-state index in [0.29, 0.717) is 6.54 Å². The van der Waals surface area contributed by atoms with E-state index in [1.165, 1.54) is 5.56 Å². The molecule has 0 unspecified atom stereocenters. The molecule has 2 rings (SSSR count). The van der Waals surface area contributed by atoms with Gasteiger partial charge in [-0.15, -0.1) is 0 Å². The molecular formula is C14H16ClNO. The molecule has 90 valence electrons. The van der Waals surface area contributed by atoms with Gasteiger partial charge >= 0.3 is 0 Å². The number of aryl methyl sites for hydroxylation is 1. The Labute approximate surface area is 107 Å². The summed E-state index contributed by atoms with van der Waals surface area (Å²) in [5.74, 6) is 0.976. The van der Waals surface area contributed by atoms with Crippen LogP contribution < -0.4 is 5.32 Å². The van der Waals surface area contributed by atoms with E-state index in [1.54, 1.807) is 6.26 Å². The first kappa shape index (κ1) is 12.2. The fourth-order valence-electron chi connectivity index (χ4n) is 1.77. The molecule has 0 saturated heterocycles. The van der Waals surface area contributed by atoms with E-state index >= 15 is 0 Å². The largest absolute Gasteiger partial charge is 0.468 e. The van der Waals surface area contributed by atoms with Crippen molar-refractivity contribution in [2.24, 2.45) is 0 Å². The lowest BCUT2D eigenvalue weighted by Gasteiger charge is -2.15. The molecule has 1 atom stereocenters. The van der Waals surface area contributed by atoms with Gasteiger partial charge in [0, 0.05) is 11.1 Å². The number of halogens is 1. The Bertz CT molecular complexity index is 492. The summed E-state index contributed by atoms with van der Waals surface area (Å²) in [6, 6.07) is 10.1. The van der Waals surface area contributed by atoms with E-state index in [1.807, 2.05) is 37.3 Å². The monoisotopic (exact) mass is 249 g/mol. The van der Waals surface area contributed by atoms with Crippen molar-refractivity contribution in [3.63, 3.8) is 0 Å². The highest BCUT2D eigenvalue weighted by Gasteiger charge is 2.09. The molecule has 0 amide bonds. The first-order chi connectivity index (χ1) is 8.18. The Kier molecular flexibility index (Phi) is 3.87. The summed E-state index contributed by atoms with van der Waals surface area (Å²) in [6.45, 7) is 4.85. The van der Waals surface area contributed by atoms with Gasteiger partial charge in [0.1, 0.15) is 5.76 Å². The highest BCUT2D eigenvalue weighted by molar-refractivity contribution is 6.31. The lowest BCUT2D eigenvalue weighted by atomic mass is 10.1. The Morgan fingerprint density at radius 1 is 1.29 bits per heavy atom. The average molecular weight is 250 g/mol. The van der Waals surface area contributed by atoms with E-state index < -0.39 is 0 Å². The first-order valence-corrected chi connectivity index (χ1v) is 6.07. The van der Waals surface area contributed by atoms with Crippen LogP contribution in [0.15, 0.2) is 41.0 Å². The van der Waals surface area contributed by atoms with Crippen molar-refractivity contribution in [1.29, 1.82) is 0 Å². The summed E-state index contributed by atoms with van der Waals surface area (Å²) in [5.41, 5.74) is 2.28. The summed E-state index contributed by atoms with van der Waals surface area (Å²) in [7, 11) is 0. The van der Waals surface area contributed by atoms with Gasteiger partial charge in [-0.1, -0.05) is 29.8 Å². The van der Waals surface area contributed by atoms with Crippen molar-refractivity contribution in [3.8, 4) is 0 Å². The third-order valence-corrected chi connectivity index (χ3v) is 3.25. The van der Waals surface area contributed by atoms with Gasteiger partial charge in [-0.25, -0.2) is 0 Å². The molecular weight excluding hydrogens is 234 g/mol. The van der Waals surface area contributed by atoms with Gasteiger partial charge in [0.2, 0.25) is 0 Å². The molecule has 0 bridgehead atoms. The van der Waals surface area contributed by atoms with Gasteiger partial charge in [-0.05, 0) is 37.1 Å². The molecule has 0 aliphatic carbocycles. The Morgan fingerprint density at radius 2 is 2.06 bits per heavy atom. The van der Waals surface area contributed by atoms with Crippen molar-refractivity contribution in [1.82, 2.24) is 5.32 Å². The minimum Gasteiger partial charge on any atom is -0.468 e. The van der Waals surface area contributed by atoms with Crippen LogP contribution in [-0.4, -0.2) is 0 Å².